The largest absolute Gasteiger partial charge is 0.291 e. The zero-order chi connectivity index (χ0) is 6.62. The van der Waals surface area contributed by atoms with Crippen molar-refractivity contribution in [3.63, 3.8) is 0 Å². The molecule has 0 unspecified atom stereocenters. The summed E-state index contributed by atoms with van der Waals surface area (Å²) < 4.78 is 0. The van der Waals surface area contributed by atoms with Crippen LogP contribution in [0.2, 0.25) is 0 Å². The smallest absolute Gasteiger partial charge is 0.176 e. The quantitative estimate of drug-likeness (QED) is 0.534. The van der Waals surface area contributed by atoms with Gasteiger partial charge in [-0.25, -0.2) is 0 Å². The van der Waals surface area contributed by atoms with Crippen molar-refractivity contribution in [3.05, 3.63) is 0 Å². The maximum atomic E-state index is 9.81. The van der Waals surface area contributed by atoms with Gasteiger partial charge >= 0.3 is 0 Å². The van der Waals surface area contributed by atoms with E-state index in [0.29, 0.717) is 0 Å². The second-order valence-electron chi connectivity index (χ2n) is 2.97. The van der Waals surface area contributed by atoms with E-state index in [1.807, 2.05) is 0 Å². The Bertz CT molecular complexity index is 73.1. The zero-order valence-electron chi connectivity index (χ0n) is 5.60. The molecule has 0 aromatic rings. The molecule has 0 saturated heterocycles. The SMILES string of the molecule is CC(C)(C)CSC=O. The molecule has 0 heterocycles. The summed E-state index contributed by atoms with van der Waals surface area (Å²) in [5, 5.41) is 0. The predicted molar refractivity (Wildman–Crippen MR) is 38.7 cm³/mol. The highest BCUT2D eigenvalue weighted by atomic mass is 32.2. The standard InChI is InChI=1S/C6H12OS/c1-6(2,3)4-8-5-7/h5H,4H2,1-3H3. The van der Waals surface area contributed by atoms with E-state index in [1.165, 1.54) is 11.8 Å². The fourth-order valence-electron chi connectivity index (χ4n) is 0.284. The van der Waals surface area contributed by atoms with Crippen LogP contribution in [-0.4, -0.2) is 11.4 Å². The molecule has 48 valence electrons. The first-order chi connectivity index (χ1) is 3.56. The van der Waals surface area contributed by atoms with Crippen molar-refractivity contribution in [2.45, 2.75) is 20.8 Å². The summed E-state index contributed by atoms with van der Waals surface area (Å²) in [4.78, 5) is 9.81. The first-order valence-corrected chi connectivity index (χ1v) is 3.66. The van der Waals surface area contributed by atoms with E-state index < -0.39 is 0 Å². The van der Waals surface area contributed by atoms with Gasteiger partial charge < -0.3 is 0 Å². The average molecular weight is 132 g/mol. The molecule has 0 aromatic heterocycles. The predicted octanol–water partition coefficient (Wildman–Crippen LogP) is 1.96. The van der Waals surface area contributed by atoms with Gasteiger partial charge in [-0.15, -0.1) is 0 Å². The highest BCUT2D eigenvalue weighted by Gasteiger charge is 2.08. The Morgan fingerprint density at radius 2 is 2.00 bits per heavy atom. The number of hydrogen-bond donors (Lipinski definition) is 0. The van der Waals surface area contributed by atoms with E-state index >= 15 is 0 Å². The molecule has 0 spiro atoms. The Hall–Kier alpha value is 0.0200. The summed E-state index contributed by atoms with van der Waals surface area (Å²) in [5.41, 5.74) is 1.18. The van der Waals surface area contributed by atoms with Gasteiger partial charge in [0.15, 0.2) is 5.62 Å². The van der Waals surface area contributed by atoms with Crippen LogP contribution in [0.3, 0.4) is 0 Å². The molecule has 0 bridgehead atoms. The Morgan fingerprint density at radius 1 is 1.50 bits per heavy atom. The molecule has 8 heavy (non-hydrogen) atoms. The van der Waals surface area contributed by atoms with Gasteiger partial charge in [0, 0.05) is 5.75 Å². The fourth-order valence-corrected chi connectivity index (χ4v) is 0.852. The van der Waals surface area contributed by atoms with E-state index in [1.54, 1.807) is 0 Å². The Morgan fingerprint density at radius 3 is 2.12 bits per heavy atom. The highest BCUT2D eigenvalue weighted by molar-refractivity contribution is 8.11. The van der Waals surface area contributed by atoms with Gasteiger partial charge in [0.1, 0.15) is 0 Å². The van der Waals surface area contributed by atoms with Crippen molar-refractivity contribution >= 4 is 17.4 Å². The fraction of sp³-hybridized carbons (Fsp3) is 0.833. The van der Waals surface area contributed by atoms with Gasteiger partial charge in [-0.3, -0.25) is 4.79 Å². The maximum Gasteiger partial charge on any atom is 0.176 e. The van der Waals surface area contributed by atoms with E-state index in [4.69, 9.17) is 0 Å². The molecule has 0 aliphatic carbocycles. The number of hydrogen-bond acceptors (Lipinski definition) is 2. The molecule has 0 fully saturated rings. The van der Waals surface area contributed by atoms with Gasteiger partial charge in [-0.2, -0.15) is 0 Å². The van der Waals surface area contributed by atoms with E-state index in [2.05, 4.69) is 20.8 Å². The van der Waals surface area contributed by atoms with E-state index in [9.17, 15) is 4.79 Å². The van der Waals surface area contributed by atoms with Crippen LogP contribution in [0, 0.1) is 5.41 Å². The molecular formula is C6H12OS. The summed E-state index contributed by atoms with van der Waals surface area (Å²) in [6, 6.07) is 0. The second-order valence-corrected chi connectivity index (χ2v) is 3.78. The van der Waals surface area contributed by atoms with Crippen molar-refractivity contribution < 1.29 is 4.79 Å². The zero-order valence-corrected chi connectivity index (χ0v) is 6.42. The number of thioether (sulfide) groups is 1. The molecule has 0 amide bonds. The third-order valence-electron chi connectivity index (χ3n) is 0.584. The average Bonchev–Trinajstić information content (AvgIpc) is 1.59. The Labute approximate surface area is 54.8 Å². The van der Waals surface area contributed by atoms with Crippen LogP contribution >= 0.6 is 11.8 Å². The third-order valence-corrected chi connectivity index (χ3v) is 1.75. The Balaban J connectivity index is 3.24. The number of carbonyl (C=O) groups is 1. The minimum absolute atomic E-state index is 0.283. The second kappa shape index (κ2) is 3.13. The lowest BCUT2D eigenvalue weighted by molar-refractivity contribution is 0.481. The summed E-state index contributed by atoms with van der Waals surface area (Å²) in [5.74, 6) is 0.913. The first kappa shape index (κ1) is 8.02. The molecule has 0 aliphatic rings. The van der Waals surface area contributed by atoms with Crippen LogP contribution in [0.1, 0.15) is 20.8 Å². The van der Waals surface area contributed by atoms with Gasteiger partial charge in [0.25, 0.3) is 0 Å². The minimum Gasteiger partial charge on any atom is -0.291 e. The molecule has 2 heteroatoms. The van der Waals surface area contributed by atoms with Crippen molar-refractivity contribution in [1.29, 1.82) is 0 Å². The van der Waals surface area contributed by atoms with Crippen molar-refractivity contribution in [3.8, 4) is 0 Å². The summed E-state index contributed by atoms with van der Waals surface area (Å²) >= 11 is 1.33. The van der Waals surface area contributed by atoms with Crippen LogP contribution in [0.15, 0.2) is 0 Å². The van der Waals surface area contributed by atoms with Crippen LogP contribution < -0.4 is 0 Å². The normalized spacial score (nSPS) is 11.4. The van der Waals surface area contributed by atoms with Crippen molar-refractivity contribution in [2.24, 2.45) is 5.41 Å². The number of carbonyl (C=O) groups excluding carboxylic acids is 1. The van der Waals surface area contributed by atoms with Crippen molar-refractivity contribution in [1.82, 2.24) is 0 Å². The maximum absolute atomic E-state index is 9.81. The lowest BCUT2D eigenvalue weighted by Gasteiger charge is -2.14. The molecule has 0 aromatic carbocycles. The molecule has 0 atom stereocenters. The lowest BCUT2D eigenvalue weighted by Crippen LogP contribution is -2.07. The summed E-state index contributed by atoms with van der Waals surface area (Å²) in [6.07, 6.45) is 0. The molecule has 0 N–H and O–H groups in total. The van der Waals surface area contributed by atoms with E-state index in [-0.39, 0.29) is 5.41 Å². The van der Waals surface area contributed by atoms with Gasteiger partial charge in [-0.05, 0) is 5.41 Å². The molecule has 0 saturated carbocycles. The van der Waals surface area contributed by atoms with Gasteiger partial charge in [0.05, 0.1) is 0 Å². The minimum atomic E-state index is 0.283. The molecule has 0 rings (SSSR count). The summed E-state index contributed by atoms with van der Waals surface area (Å²) in [7, 11) is 0. The summed E-state index contributed by atoms with van der Waals surface area (Å²) in [6.45, 7) is 6.34. The van der Waals surface area contributed by atoms with Crippen LogP contribution in [0.4, 0.5) is 0 Å². The number of rotatable bonds is 2. The monoisotopic (exact) mass is 132 g/mol. The highest BCUT2D eigenvalue weighted by Crippen LogP contribution is 2.18. The van der Waals surface area contributed by atoms with Crippen LogP contribution in [0.5, 0.6) is 0 Å². The molecule has 1 nitrogen and oxygen atoms in total. The molecule has 0 radical (unpaired) electrons. The van der Waals surface area contributed by atoms with Crippen LogP contribution in [-0.2, 0) is 4.79 Å². The molecule has 0 aliphatic heterocycles. The lowest BCUT2D eigenvalue weighted by atomic mass is 10.0. The van der Waals surface area contributed by atoms with Gasteiger partial charge in [0.2, 0.25) is 0 Å². The van der Waals surface area contributed by atoms with Crippen LogP contribution in [0.25, 0.3) is 0 Å². The first-order valence-electron chi connectivity index (χ1n) is 2.61. The van der Waals surface area contributed by atoms with Crippen molar-refractivity contribution in [2.75, 3.05) is 5.75 Å². The Kier molecular flexibility index (Phi) is 3.13. The topological polar surface area (TPSA) is 17.1 Å². The molecular weight excluding hydrogens is 120 g/mol. The third kappa shape index (κ3) is 6.02. The van der Waals surface area contributed by atoms with E-state index in [0.717, 1.165) is 11.4 Å². The van der Waals surface area contributed by atoms with Gasteiger partial charge in [-0.1, -0.05) is 32.5 Å².